The minimum atomic E-state index is -0.310. The Morgan fingerprint density at radius 2 is 1.89 bits per heavy atom. The third-order valence-corrected chi connectivity index (χ3v) is 4.71. The summed E-state index contributed by atoms with van der Waals surface area (Å²) in [5.74, 6) is 0.959. The summed E-state index contributed by atoms with van der Waals surface area (Å²) in [5, 5.41) is 7.60. The molecule has 5 nitrogen and oxygen atoms in total. The summed E-state index contributed by atoms with van der Waals surface area (Å²) in [6.45, 7) is 1.89. The molecular weight excluding hydrogens is 357 g/mol. The summed E-state index contributed by atoms with van der Waals surface area (Å²) in [6.07, 6.45) is 3.02. The molecule has 0 spiro atoms. The number of rotatable bonds is 7. The van der Waals surface area contributed by atoms with Crippen LogP contribution in [0.15, 0.2) is 54.6 Å². The van der Waals surface area contributed by atoms with Crippen molar-refractivity contribution in [3.63, 3.8) is 0 Å². The molecule has 0 aliphatic heterocycles. The summed E-state index contributed by atoms with van der Waals surface area (Å²) >= 11 is 0. The van der Waals surface area contributed by atoms with Crippen LogP contribution in [0.3, 0.4) is 0 Å². The second-order valence-corrected chi connectivity index (χ2v) is 7.01. The van der Waals surface area contributed by atoms with Crippen LogP contribution in [0.25, 0.3) is 5.69 Å². The Balaban J connectivity index is 1.65. The van der Waals surface area contributed by atoms with Crippen LogP contribution in [0.1, 0.15) is 30.5 Å². The Labute approximate surface area is 163 Å². The van der Waals surface area contributed by atoms with Crippen molar-refractivity contribution in [2.75, 3.05) is 0 Å². The predicted octanol–water partition coefficient (Wildman–Crippen LogP) is 4.32. The topological polar surface area (TPSA) is 56.2 Å². The highest BCUT2D eigenvalue weighted by Crippen LogP contribution is 2.31. The first-order valence-corrected chi connectivity index (χ1v) is 9.47. The van der Waals surface area contributed by atoms with E-state index < -0.39 is 0 Å². The molecule has 1 fully saturated rings. The second kappa shape index (κ2) is 7.84. The van der Waals surface area contributed by atoms with E-state index in [-0.39, 0.29) is 11.7 Å². The highest BCUT2D eigenvalue weighted by molar-refractivity contribution is 5.77. The molecule has 1 amide bonds. The van der Waals surface area contributed by atoms with Crippen LogP contribution in [0.5, 0.6) is 11.6 Å². The number of amides is 1. The van der Waals surface area contributed by atoms with Crippen LogP contribution >= 0.6 is 0 Å². The quantitative estimate of drug-likeness (QED) is 0.665. The zero-order valence-corrected chi connectivity index (χ0v) is 15.7. The summed E-state index contributed by atoms with van der Waals surface area (Å²) in [6, 6.07) is 15.9. The number of carbonyl (C=O) groups excluding carboxylic acids is 1. The van der Waals surface area contributed by atoms with Gasteiger partial charge in [0.05, 0.1) is 11.4 Å². The third-order valence-electron chi connectivity index (χ3n) is 4.71. The van der Waals surface area contributed by atoms with Gasteiger partial charge >= 0.3 is 0 Å². The average molecular weight is 379 g/mol. The summed E-state index contributed by atoms with van der Waals surface area (Å²) in [7, 11) is 0. The summed E-state index contributed by atoms with van der Waals surface area (Å²) in [4.78, 5) is 12.1. The Morgan fingerprint density at radius 1 is 1.18 bits per heavy atom. The molecule has 1 saturated carbocycles. The number of ether oxygens (including phenoxy) is 1. The number of carbonyl (C=O) groups is 1. The lowest BCUT2D eigenvalue weighted by Gasteiger charge is -2.11. The molecule has 4 rings (SSSR count). The standard InChI is InChI=1S/C22H22FN3O2/c1-15-20(13-14-21(27)24-17-9-10-17)22(28-19-5-3-2-4-6-19)26(25-15)18-11-7-16(23)8-12-18/h2-8,11-12,17H,9-10,13-14H2,1H3,(H,24,27). The number of nitrogens with zero attached hydrogens (tertiary/aromatic N) is 2. The van der Waals surface area contributed by atoms with Crippen molar-refractivity contribution >= 4 is 5.91 Å². The van der Waals surface area contributed by atoms with E-state index in [1.165, 1.54) is 12.1 Å². The van der Waals surface area contributed by atoms with E-state index in [0.29, 0.717) is 36.2 Å². The fraction of sp³-hybridized carbons (Fsp3) is 0.273. The van der Waals surface area contributed by atoms with E-state index in [4.69, 9.17) is 4.74 Å². The zero-order chi connectivity index (χ0) is 19.5. The fourth-order valence-corrected chi connectivity index (χ4v) is 3.05. The number of hydrogen-bond donors (Lipinski definition) is 1. The van der Waals surface area contributed by atoms with Crippen molar-refractivity contribution in [1.29, 1.82) is 0 Å². The SMILES string of the molecule is Cc1nn(-c2ccc(F)cc2)c(Oc2ccccc2)c1CCC(=O)NC1CC1. The largest absolute Gasteiger partial charge is 0.439 e. The molecule has 1 aliphatic carbocycles. The molecule has 0 saturated heterocycles. The van der Waals surface area contributed by atoms with E-state index in [1.54, 1.807) is 16.8 Å². The normalized spacial score (nSPS) is 13.4. The van der Waals surface area contributed by atoms with Crippen molar-refractivity contribution in [1.82, 2.24) is 15.1 Å². The van der Waals surface area contributed by atoms with Gasteiger partial charge in [-0.05, 0) is 62.6 Å². The maximum atomic E-state index is 13.3. The smallest absolute Gasteiger partial charge is 0.226 e. The van der Waals surface area contributed by atoms with Gasteiger partial charge in [-0.1, -0.05) is 18.2 Å². The van der Waals surface area contributed by atoms with Crippen LogP contribution in [-0.4, -0.2) is 21.7 Å². The third kappa shape index (κ3) is 4.22. The second-order valence-electron chi connectivity index (χ2n) is 7.01. The Morgan fingerprint density at radius 3 is 2.57 bits per heavy atom. The first-order chi connectivity index (χ1) is 13.6. The maximum Gasteiger partial charge on any atom is 0.226 e. The van der Waals surface area contributed by atoms with Crippen molar-refractivity contribution in [2.45, 2.75) is 38.6 Å². The molecule has 0 atom stereocenters. The highest BCUT2D eigenvalue weighted by Gasteiger charge is 2.24. The minimum Gasteiger partial charge on any atom is -0.439 e. The van der Waals surface area contributed by atoms with Gasteiger partial charge < -0.3 is 10.1 Å². The van der Waals surface area contributed by atoms with Gasteiger partial charge in [0.1, 0.15) is 11.6 Å². The van der Waals surface area contributed by atoms with Gasteiger partial charge in [-0.3, -0.25) is 4.79 Å². The molecule has 144 valence electrons. The average Bonchev–Trinajstić information content (AvgIpc) is 3.45. The molecule has 1 aliphatic rings. The van der Waals surface area contributed by atoms with Gasteiger partial charge in [-0.2, -0.15) is 5.10 Å². The first-order valence-electron chi connectivity index (χ1n) is 9.47. The number of nitrogens with one attached hydrogen (secondary N) is 1. The number of para-hydroxylation sites is 1. The van der Waals surface area contributed by atoms with Gasteiger partial charge in [0.2, 0.25) is 11.8 Å². The molecule has 28 heavy (non-hydrogen) atoms. The van der Waals surface area contributed by atoms with Crippen LogP contribution < -0.4 is 10.1 Å². The zero-order valence-electron chi connectivity index (χ0n) is 15.7. The lowest BCUT2D eigenvalue weighted by atomic mass is 10.1. The Bertz CT molecular complexity index is 963. The molecule has 0 unspecified atom stereocenters. The van der Waals surface area contributed by atoms with Crippen LogP contribution in [0.4, 0.5) is 4.39 Å². The molecular formula is C22H22FN3O2. The van der Waals surface area contributed by atoms with Crippen LogP contribution in [0, 0.1) is 12.7 Å². The fourth-order valence-electron chi connectivity index (χ4n) is 3.05. The number of benzene rings is 2. The minimum absolute atomic E-state index is 0.0436. The molecule has 0 bridgehead atoms. The number of halogens is 1. The molecule has 3 aromatic rings. The van der Waals surface area contributed by atoms with Crippen molar-refractivity contribution in [3.05, 3.63) is 71.7 Å². The van der Waals surface area contributed by atoms with E-state index in [2.05, 4.69) is 10.4 Å². The van der Waals surface area contributed by atoms with Gasteiger partial charge in [0, 0.05) is 18.0 Å². The predicted molar refractivity (Wildman–Crippen MR) is 104 cm³/mol. The maximum absolute atomic E-state index is 13.3. The molecule has 1 heterocycles. The molecule has 0 radical (unpaired) electrons. The van der Waals surface area contributed by atoms with Crippen molar-refractivity contribution in [3.8, 4) is 17.3 Å². The number of aromatic nitrogens is 2. The first kappa shape index (κ1) is 18.2. The van der Waals surface area contributed by atoms with Gasteiger partial charge in [-0.15, -0.1) is 0 Å². The van der Waals surface area contributed by atoms with E-state index >= 15 is 0 Å². The monoisotopic (exact) mass is 379 g/mol. The van der Waals surface area contributed by atoms with Crippen LogP contribution in [0.2, 0.25) is 0 Å². The van der Waals surface area contributed by atoms with Gasteiger partial charge in [-0.25, -0.2) is 9.07 Å². The summed E-state index contributed by atoms with van der Waals surface area (Å²) in [5.41, 5.74) is 2.36. The highest BCUT2D eigenvalue weighted by atomic mass is 19.1. The lowest BCUT2D eigenvalue weighted by molar-refractivity contribution is -0.121. The number of aryl methyl sites for hydroxylation is 1. The van der Waals surface area contributed by atoms with Crippen LogP contribution in [-0.2, 0) is 11.2 Å². The lowest BCUT2D eigenvalue weighted by Crippen LogP contribution is -2.25. The van der Waals surface area contributed by atoms with E-state index in [0.717, 1.165) is 24.1 Å². The molecule has 1 N–H and O–H groups in total. The van der Waals surface area contributed by atoms with Gasteiger partial charge in [0.25, 0.3) is 0 Å². The van der Waals surface area contributed by atoms with Crippen molar-refractivity contribution in [2.24, 2.45) is 0 Å². The molecule has 6 heteroatoms. The van der Waals surface area contributed by atoms with E-state index in [1.807, 2.05) is 37.3 Å². The Kier molecular flexibility index (Phi) is 5.10. The Hall–Kier alpha value is -3.15. The summed E-state index contributed by atoms with van der Waals surface area (Å²) < 4.78 is 21.2. The molecule has 1 aromatic heterocycles. The van der Waals surface area contributed by atoms with Crippen molar-refractivity contribution < 1.29 is 13.9 Å². The van der Waals surface area contributed by atoms with E-state index in [9.17, 15) is 9.18 Å². The van der Waals surface area contributed by atoms with Gasteiger partial charge in [0.15, 0.2) is 0 Å². The number of hydrogen-bond acceptors (Lipinski definition) is 3. The molecule has 2 aromatic carbocycles.